The summed E-state index contributed by atoms with van der Waals surface area (Å²) in [6.45, 7) is 2.74. The molecule has 0 aromatic heterocycles. The zero-order valence-corrected chi connectivity index (χ0v) is 12.5. The van der Waals surface area contributed by atoms with E-state index in [1.165, 1.54) is 11.6 Å². The number of hydrogen-bond donors (Lipinski definition) is 1. The SMILES string of the molecule is Cc1ccc(CN(C)c2cc(F)c(Br)cc2N)cc1. The quantitative estimate of drug-likeness (QED) is 0.861. The van der Waals surface area contributed by atoms with E-state index in [1.807, 2.05) is 11.9 Å². The lowest BCUT2D eigenvalue weighted by Crippen LogP contribution is -2.18. The molecule has 0 atom stereocenters. The lowest BCUT2D eigenvalue weighted by Gasteiger charge is -2.21. The molecule has 0 saturated heterocycles. The minimum absolute atomic E-state index is 0.306. The first kappa shape index (κ1) is 13.9. The Bertz CT molecular complexity index is 581. The van der Waals surface area contributed by atoms with E-state index in [0.29, 0.717) is 22.4 Å². The Kier molecular flexibility index (Phi) is 4.10. The highest BCUT2D eigenvalue weighted by atomic mass is 79.9. The van der Waals surface area contributed by atoms with Crippen LogP contribution in [0.25, 0.3) is 0 Å². The van der Waals surface area contributed by atoms with Crippen molar-refractivity contribution in [2.45, 2.75) is 13.5 Å². The van der Waals surface area contributed by atoms with E-state index in [9.17, 15) is 4.39 Å². The van der Waals surface area contributed by atoms with E-state index >= 15 is 0 Å². The molecule has 2 nitrogen and oxygen atoms in total. The summed E-state index contributed by atoms with van der Waals surface area (Å²) in [7, 11) is 1.90. The molecule has 0 bridgehead atoms. The number of halogens is 2. The van der Waals surface area contributed by atoms with Crippen LogP contribution < -0.4 is 10.6 Å². The standard InChI is InChI=1S/C15H16BrFN2/c1-10-3-5-11(6-4-10)9-19(2)15-8-13(17)12(16)7-14(15)18/h3-8H,9,18H2,1-2H3. The lowest BCUT2D eigenvalue weighted by molar-refractivity contribution is 0.620. The fourth-order valence-electron chi connectivity index (χ4n) is 1.93. The summed E-state index contributed by atoms with van der Waals surface area (Å²) in [4.78, 5) is 1.94. The zero-order valence-electron chi connectivity index (χ0n) is 11.0. The molecule has 0 saturated carbocycles. The molecule has 4 heteroatoms. The predicted octanol–water partition coefficient (Wildman–Crippen LogP) is 4.12. The van der Waals surface area contributed by atoms with Crippen LogP contribution in [0.2, 0.25) is 0 Å². The zero-order chi connectivity index (χ0) is 14.0. The second kappa shape index (κ2) is 5.61. The van der Waals surface area contributed by atoms with Gasteiger partial charge < -0.3 is 10.6 Å². The molecule has 0 heterocycles. The molecule has 0 aliphatic carbocycles. The van der Waals surface area contributed by atoms with Crippen LogP contribution in [-0.2, 0) is 6.54 Å². The van der Waals surface area contributed by atoms with Crippen LogP contribution in [0.3, 0.4) is 0 Å². The summed E-state index contributed by atoms with van der Waals surface area (Å²) in [5.41, 5.74) is 9.57. The molecule has 0 fully saturated rings. The summed E-state index contributed by atoms with van der Waals surface area (Å²) >= 11 is 3.13. The average Bonchev–Trinajstić information content (AvgIpc) is 2.36. The summed E-state index contributed by atoms with van der Waals surface area (Å²) in [5.74, 6) is -0.306. The maximum absolute atomic E-state index is 13.6. The maximum atomic E-state index is 13.6. The van der Waals surface area contributed by atoms with Gasteiger partial charge in [0.1, 0.15) is 5.82 Å². The first-order chi connectivity index (χ1) is 8.97. The summed E-state index contributed by atoms with van der Waals surface area (Å²) in [6.07, 6.45) is 0. The number of anilines is 2. The molecule has 19 heavy (non-hydrogen) atoms. The van der Waals surface area contributed by atoms with Crippen LogP contribution in [0, 0.1) is 12.7 Å². The highest BCUT2D eigenvalue weighted by Crippen LogP contribution is 2.29. The molecule has 0 amide bonds. The van der Waals surface area contributed by atoms with E-state index < -0.39 is 0 Å². The Hall–Kier alpha value is -1.55. The highest BCUT2D eigenvalue weighted by Gasteiger charge is 2.10. The number of nitrogen functional groups attached to an aromatic ring is 1. The molecule has 2 aromatic carbocycles. The van der Waals surface area contributed by atoms with Gasteiger partial charge in [-0.3, -0.25) is 0 Å². The van der Waals surface area contributed by atoms with Gasteiger partial charge in [0, 0.05) is 19.7 Å². The molecular weight excluding hydrogens is 307 g/mol. The third-order valence-corrected chi connectivity index (χ3v) is 3.63. The molecule has 0 unspecified atom stereocenters. The second-order valence-corrected chi connectivity index (χ2v) is 5.52. The third kappa shape index (κ3) is 3.26. The number of nitrogens with two attached hydrogens (primary N) is 1. The average molecular weight is 323 g/mol. The molecule has 2 rings (SSSR count). The van der Waals surface area contributed by atoms with Gasteiger partial charge in [-0.2, -0.15) is 0 Å². The van der Waals surface area contributed by atoms with Gasteiger partial charge in [-0.05, 0) is 34.5 Å². The van der Waals surface area contributed by atoms with E-state index in [4.69, 9.17) is 5.73 Å². The Morgan fingerprint density at radius 3 is 2.47 bits per heavy atom. The van der Waals surface area contributed by atoms with Crippen molar-refractivity contribution in [1.82, 2.24) is 0 Å². The van der Waals surface area contributed by atoms with Gasteiger partial charge in [0.25, 0.3) is 0 Å². The fourth-order valence-corrected chi connectivity index (χ4v) is 2.30. The Labute approximate surface area is 121 Å². The van der Waals surface area contributed by atoms with Gasteiger partial charge >= 0.3 is 0 Å². The van der Waals surface area contributed by atoms with Gasteiger partial charge in [0.05, 0.1) is 15.8 Å². The largest absolute Gasteiger partial charge is 0.397 e. The Morgan fingerprint density at radius 1 is 1.21 bits per heavy atom. The normalized spacial score (nSPS) is 10.5. The monoisotopic (exact) mass is 322 g/mol. The first-order valence-electron chi connectivity index (χ1n) is 5.98. The number of benzene rings is 2. The molecule has 0 aliphatic heterocycles. The smallest absolute Gasteiger partial charge is 0.139 e. The maximum Gasteiger partial charge on any atom is 0.139 e. The van der Waals surface area contributed by atoms with Crippen LogP contribution in [0.4, 0.5) is 15.8 Å². The van der Waals surface area contributed by atoms with Crippen molar-refractivity contribution in [2.75, 3.05) is 17.7 Å². The summed E-state index contributed by atoms with van der Waals surface area (Å²) < 4.78 is 14.0. The topological polar surface area (TPSA) is 29.3 Å². The number of hydrogen-bond acceptors (Lipinski definition) is 2. The van der Waals surface area contributed by atoms with Crippen molar-refractivity contribution < 1.29 is 4.39 Å². The Morgan fingerprint density at radius 2 is 1.84 bits per heavy atom. The van der Waals surface area contributed by atoms with Crippen LogP contribution in [-0.4, -0.2) is 7.05 Å². The molecule has 100 valence electrons. The van der Waals surface area contributed by atoms with Crippen molar-refractivity contribution in [2.24, 2.45) is 0 Å². The van der Waals surface area contributed by atoms with Crippen LogP contribution in [0.5, 0.6) is 0 Å². The van der Waals surface area contributed by atoms with Crippen molar-refractivity contribution in [3.8, 4) is 0 Å². The molecule has 2 N–H and O–H groups in total. The molecular formula is C15H16BrFN2. The molecule has 0 radical (unpaired) electrons. The Balaban J connectivity index is 2.22. The van der Waals surface area contributed by atoms with Crippen molar-refractivity contribution >= 4 is 27.3 Å². The van der Waals surface area contributed by atoms with Crippen LogP contribution in [0.1, 0.15) is 11.1 Å². The van der Waals surface area contributed by atoms with E-state index in [0.717, 1.165) is 5.56 Å². The molecule has 2 aromatic rings. The summed E-state index contributed by atoms with van der Waals surface area (Å²) in [5, 5.41) is 0. The van der Waals surface area contributed by atoms with Gasteiger partial charge in [-0.25, -0.2) is 4.39 Å². The molecule has 0 spiro atoms. The molecule has 0 aliphatic rings. The van der Waals surface area contributed by atoms with Crippen molar-refractivity contribution in [1.29, 1.82) is 0 Å². The van der Waals surface area contributed by atoms with Gasteiger partial charge in [0.2, 0.25) is 0 Å². The van der Waals surface area contributed by atoms with Crippen LogP contribution >= 0.6 is 15.9 Å². The van der Waals surface area contributed by atoms with Gasteiger partial charge in [-0.1, -0.05) is 29.8 Å². The first-order valence-corrected chi connectivity index (χ1v) is 6.78. The van der Waals surface area contributed by atoms with E-state index in [1.54, 1.807) is 6.07 Å². The highest BCUT2D eigenvalue weighted by molar-refractivity contribution is 9.10. The van der Waals surface area contributed by atoms with Crippen molar-refractivity contribution in [3.05, 3.63) is 57.8 Å². The number of rotatable bonds is 3. The van der Waals surface area contributed by atoms with Crippen LogP contribution in [0.15, 0.2) is 40.9 Å². The predicted molar refractivity (Wildman–Crippen MR) is 81.8 cm³/mol. The number of nitrogens with zero attached hydrogens (tertiary/aromatic N) is 1. The number of aryl methyl sites for hydroxylation is 1. The van der Waals surface area contributed by atoms with Gasteiger partial charge in [0.15, 0.2) is 0 Å². The minimum Gasteiger partial charge on any atom is -0.397 e. The second-order valence-electron chi connectivity index (χ2n) is 4.67. The third-order valence-electron chi connectivity index (χ3n) is 3.02. The fraction of sp³-hybridized carbons (Fsp3) is 0.200. The van der Waals surface area contributed by atoms with E-state index in [-0.39, 0.29) is 5.82 Å². The van der Waals surface area contributed by atoms with E-state index in [2.05, 4.69) is 47.1 Å². The summed E-state index contributed by atoms with van der Waals surface area (Å²) in [6, 6.07) is 11.3. The van der Waals surface area contributed by atoms with Gasteiger partial charge in [-0.15, -0.1) is 0 Å². The minimum atomic E-state index is -0.306. The van der Waals surface area contributed by atoms with Crippen molar-refractivity contribution in [3.63, 3.8) is 0 Å². The lowest BCUT2D eigenvalue weighted by atomic mass is 10.1.